The molecule has 0 spiro atoms. The van der Waals surface area contributed by atoms with Crippen LogP contribution in [0, 0.1) is 0 Å². The number of nitrogens with one attached hydrogen (secondary N) is 1. The number of benzene rings is 2. The zero-order valence-electron chi connectivity index (χ0n) is 13.3. The van der Waals surface area contributed by atoms with Crippen LogP contribution in [0.5, 0.6) is 0 Å². The van der Waals surface area contributed by atoms with Crippen LogP contribution in [0.15, 0.2) is 48.7 Å². The molecule has 0 saturated carbocycles. The molecular formula is C20H21NO2. The molecule has 0 unspecified atom stereocenters. The predicted octanol–water partition coefficient (Wildman–Crippen LogP) is 4.35. The fourth-order valence-electron chi connectivity index (χ4n) is 2.98. The lowest BCUT2D eigenvalue weighted by atomic mass is 9.95. The first-order valence-corrected chi connectivity index (χ1v) is 8.08. The van der Waals surface area contributed by atoms with Crippen LogP contribution >= 0.6 is 0 Å². The van der Waals surface area contributed by atoms with Crippen molar-refractivity contribution < 1.29 is 9.90 Å². The van der Waals surface area contributed by atoms with E-state index in [1.54, 1.807) is 0 Å². The average Bonchev–Trinajstić information content (AvgIpc) is 3.02. The Balaban J connectivity index is 2.11. The first-order chi connectivity index (χ1) is 11.2. The van der Waals surface area contributed by atoms with E-state index in [-0.39, 0.29) is 12.4 Å². The zero-order chi connectivity index (χ0) is 16.2. The van der Waals surface area contributed by atoms with Gasteiger partial charge in [-0.05, 0) is 36.1 Å². The van der Waals surface area contributed by atoms with E-state index in [2.05, 4.69) is 23.2 Å². The summed E-state index contributed by atoms with van der Waals surface area (Å²) >= 11 is 0. The van der Waals surface area contributed by atoms with Gasteiger partial charge in [0.1, 0.15) is 0 Å². The minimum absolute atomic E-state index is 0.159. The first kappa shape index (κ1) is 15.5. The van der Waals surface area contributed by atoms with Crippen LogP contribution in [0.3, 0.4) is 0 Å². The van der Waals surface area contributed by atoms with Crippen molar-refractivity contribution in [3.63, 3.8) is 0 Å². The molecule has 0 bridgehead atoms. The minimum Gasteiger partial charge on any atom is -0.396 e. The summed E-state index contributed by atoms with van der Waals surface area (Å²) in [4.78, 5) is 15.5. The van der Waals surface area contributed by atoms with Gasteiger partial charge in [0.25, 0.3) is 0 Å². The number of aryl methyl sites for hydroxylation is 1. The van der Waals surface area contributed by atoms with Gasteiger partial charge >= 0.3 is 0 Å². The van der Waals surface area contributed by atoms with Crippen molar-refractivity contribution in [2.75, 3.05) is 6.61 Å². The summed E-state index contributed by atoms with van der Waals surface area (Å²) in [5, 5.41) is 10.1. The maximum atomic E-state index is 12.2. The Labute approximate surface area is 136 Å². The van der Waals surface area contributed by atoms with Crippen LogP contribution in [-0.2, 0) is 6.42 Å². The van der Waals surface area contributed by atoms with Crippen molar-refractivity contribution in [3.8, 4) is 11.1 Å². The first-order valence-electron chi connectivity index (χ1n) is 8.08. The molecule has 0 aliphatic rings. The second kappa shape index (κ2) is 6.80. The minimum atomic E-state index is 0.159. The third-order valence-corrected chi connectivity index (χ3v) is 4.21. The third-order valence-electron chi connectivity index (χ3n) is 4.21. The van der Waals surface area contributed by atoms with E-state index in [9.17, 15) is 4.79 Å². The van der Waals surface area contributed by atoms with Gasteiger partial charge in [-0.2, -0.15) is 0 Å². The van der Waals surface area contributed by atoms with Gasteiger partial charge in [0.2, 0.25) is 0 Å². The number of hydrogen-bond donors (Lipinski definition) is 2. The zero-order valence-corrected chi connectivity index (χ0v) is 13.3. The lowest BCUT2D eigenvalue weighted by molar-refractivity contribution is 0.0989. The Morgan fingerprint density at radius 2 is 1.96 bits per heavy atom. The molecule has 0 radical (unpaired) electrons. The third kappa shape index (κ3) is 3.06. The summed E-state index contributed by atoms with van der Waals surface area (Å²) in [6.07, 6.45) is 4.09. The van der Waals surface area contributed by atoms with Crippen molar-refractivity contribution in [1.29, 1.82) is 0 Å². The molecule has 0 aliphatic carbocycles. The van der Waals surface area contributed by atoms with E-state index in [4.69, 9.17) is 5.11 Å². The molecule has 3 nitrogen and oxygen atoms in total. The van der Waals surface area contributed by atoms with Crippen molar-refractivity contribution in [1.82, 2.24) is 4.98 Å². The molecule has 118 valence electrons. The summed E-state index contributed by atoms with van der Waals surface area (Å²) < 4.78 is 0. The molecule has 3 rings (SSSR count). The molecule has 0 saturated heterocycles. The lowest BCUT2D eigenvalue weighted by Crippen LogP contribution is -1.99. The number of aliphatic hydroxyl groups excluding tert-OH is 1. The Hall–Kier alpha value is -2.39. The molecule has 3 heteroatoms. The van der Waals surface area contributed by atoms with Gasteiger partial charge in [0, 0.05) is 41.3 Å². The van der Waals surface area contributed by atoms with Gasteiger partial charge < -0.3 is 10.1 Å². The number of ketones is 1. The Kier molecular flexibility index (Phi) is 4.58. The van der Waals surface area contributed by atoms with Crippen molar-refractivity contribution in [3.05, 3.63) is 59.8 Å². The Bertz CT molecular complexity index is 833. The van der Waals surface area contributed by atoms with Gasteiger partial charge in [0.15, 0.2) is 5.78 Å². The second-order valence-corrected chi connectivity index (χ2v) is 5.73. The van der Waals surface area contributed by atoms with Crippen LogP contribution in [0.1, 0.15) is 35.7 Å². The number of carbonyl (C=O) groups excluding carboxylic acids is 1. The van der Waals surface area contributed by atoms with Crippen molar-refractivity contribution in [2.24, 2.45) is 0 Å². The van der Waals surface area contributed by atoms with Crippen LogP contribution in [0.4, 0.5) is 0 Å². The molecule has 1 aromatic heterocycles. The number of Topliss-reactive ketones (excluding diaryl/α,β-unsaturated/α-hetero) is 1. The van der Waals surface area contributed by atoms with Crippen LogP contribution in [0.25, 0.3) is 22.0 Å². The second-order valence-electron chi connectivity index (χ2n) is 5.73. The van der Waals surface area contributed by atoms with Gasteiger partial charge in [0.05, 0.1) is 0 Å². The van der Waals surface area contributed by atoms with Crippen LogP contribution in [0.2, 0.25) is 0 Å². The number of hydrogen-bond acceptors (Lipinski definition) is 2. The molecule has 0 amide bonds. The topological polar surface area (TPSA) is 53.1 Å². The fourth-order valence-corrected chi connectivity index (χ4v) is 2.98. The quantitative estimate of drug-likeness (QED) is 0.665. The predicted molar refractivity (Wildman–Crippen MR) is 93.8 cm³/mol. The van der Waals surface area contributed by atoms with Gasteiger partial charge in [-0.1, -0.05) is 37.3 Å². The molecule has 0 atom stereocenters. The summed E-state index contributed by atoms with van der Waals surface area (Å²) in [5.41, 5.74) is 5.07. The fraction of sp³-hybridized carbons (Fsp3) is 0.250. The Morgan fingerprint density at radius 1 is 1.13 bits per heavy atom. The lowest BCUT2D eigenvalue weighted by Gasteiger charge is -2.08. The number of H-pyrrole nitrogens is 1. The number of rotatable bonds is 6. The van der Waals surface area contributed by atoms with E-state index < -0.39 is 0 Å². The van der Waals surface area contributed by atoms with E-state index >= 15 is 0 Å². The monoisotopic (exact) mass is 307 g/mol. The molecule has 2 aromatic carbocycles. The maximum absolute atomic E-state index is 12.2. The SMILES string of the molecule is CCC(=O)c1ccccc1-c1c[nH]c2ccc(CCCO)cc12. The summed E-state index contributed by atoms with van der Waals surface area (Å²) in [6, 6.07) is 14.1. The van der Waals surface area contributed by atoms with E-state index in [0.29, 0.717) is 6.42 Å². The van der Waals surface area contributed by atoms with Gasteiger partial charge in [-0.3, -0.25) is 4.79 Å². The highest BCUT2D eigenvalue weighted by Gasteiger charge is 2.14. The molecule has 0 aliphatic heterocycles. The molecule has 3 aromatic rings. The van der Waals surface area contributed by atoms with Crippen LogP contribution in [-0.4, -0.2) is 22.5 Å². The summed E-state index contributed by atoms with van der Waals surface area (Å²) in [5.74, 6) is 0.159. The summed E-state index contributed by atoms with van der Waals surface area (Å²) in [6.45, 7) is 2.09. The van der Waals surface area contributed by atoms with E-state index in [1.807, 2.05) is 37.4 Å². The van der Waals surface area contributed by atoms with Crippen molar-refractivity contribution >= 4 is 16.7 Å². The number of aromatic nitrogens is 1. The van der Waals surface area contributed by atoms with E-state index in [1.165, 1.54) is 5.56 Å². The molecule has 0 fully saturated rings. The van der Waals surface area contributed by atoms with E-state index in [0.717, 1.165) is 40.4 Å². The van der Waals surface area contributed by atoms with Crippen molar-refractivity contribution in [2.45, 2.75) is 26.2 Å². The van der Waals surface area contributed by atoms with Gasteiger partial charge in [-0.15, -0.1) is 0 Å². The standard InChI is InChI=1S/C20H21NO2/c1-2-20(23)16-8-4-3-7-15(16)18-13-21-19-10-9-14(6-5-11-22)12-17(18)19/h3-4,7-10,12-13,21-22H,2,5-6,11H2,1H3. The number of fused-ring (bicyclic) bond motifs is 1. The highest BCUT2D eigenvalue weighted by molar-refractivity contribution is 6.06. The smallest absolute Gasteiger partial charge is 0.163 e. The van der Waals surface area contributed by atoms with Crippen LogP contribution < -0.4 is 0 Å². The Morgan fingerprint density at radius 3 is 2.74 bits per heavy atom. The molecule has 1 heterocycles. The molecule has 2 N–H and O–H groups in total. The average molecular weight is 307 g/mol. The number of aliphatic hydroxyl groups is 1. The normalized spacial score (nSPS) is 11.0. The number of aromatic amines is 1. The largest absolute Gasteiger partial charge is 0.396 e. The highest BCUT2D eigenvalue weighted by Crippen LogP contribution is 2.32. The highest BCUT2D eigenvalue weighted by atomic mass is 16.2. The summed E-state index contributed by atoms with van der Waals surface area (Å²) in [7, 11) is 0. The number of carbonyl (C=O) groups is 1. The molecule has 23 heavy (non-hydrogen) atoms. The maximum Gasteiger partial charge on any atom is 0.163 e. The van der Waals surface area contributed by atoms with Gasteiger partial charge in [-0.25, -0.2) is 0 Å². The molecular weight excluding hydrogens is 286 g/mol.